The van der Waals surface area contributed by atoms with Crippen LogP contribution in [0, 0.1) is 11.3 Å². The summed E-state index contributed by atoms with van der Waals surface area (Å²) < 4.78 is 26.9. The van der Waals surface area contributed by atoms with Gasteiger partial charge in [0.15, 0.2) is 0 Å². The van der Waals surface area contributed by atoms with Crippen molar-refractivity contribution >= 4 is 5.97 Å². The van der Waals surface area contributed by atoms with Crippen molar-refractivity contribution < 1.29 is 18.7 Å². The van der Waals surface area contributed by atoms with Crippen molar-refractivity contribution in [1.29, 1.82) is 0 Å². The number of carboxylic acids is 1. The maximum absolute atomic E-state index is 13.4. The summed E-state index contributed by atoms with van der Waals surface area (Å²) in [6, 6.07) is 0. The molecule has 1 aliphatic carbocycles. The van der Waals surface area contributed by atoms with Crippen molar-refractivity contribution in [3.05, 3.63) is 0 Å². The molecule has 0 bridgehead atoms. The van der Waals surface area contributed by atoms with E-state index in [4.69, 9.17) is 0 Å². The van der Waals surface area contributed by atoms with Gasteiger partial charge in [-0.2, -0.15) is 0 Å². The second kappa shape index (κ2) is 6.67. The average molecular weight is 276 g/mol. The summed E-state index contributed by atoms with van der Waals surface area (Å²) in [5.41, 5.74) is -0.798. The number of hydrogen-bond donors (Lipinski definition) is 1. The van der Waals surface area contributed by atoms with Crippen LogP contribution >= 0.6 is 0 Å². The highest BCUT2D eigenvalue weighted by molar-refractivity contribution is 5.74. The lowest BCUT2D eigenvalue weighted by molar-refractivity contribution is -0.152. The number of aliphatic carboxylic acids is 1. The maximum Gasteiger partial charge on any atom is 0.309 e. The van der Waals surface area contributed by atoms with Gasteiger partial charge in [-0.15, -0.1) is 0 Å². The number of hydrogen-bond acceptors (Lipinski definition) is 1. The van der Waals surface area contributed by atoms with Crippen molar-refractivity contribution in [3.63, 3.8) is 0 Å². The van der Waals surface area contributed by atoms with Gasteiger partial charge in [-0.25, -0.2) is 8.78 Å². The Morgan fingerprint density at radius 3 is 2.58 bits per heavy atom. The van der Waals surface area contributed by atoms with E-state index in [2.05, 4.69) is 0 Å². The Balaban J connectivity index is 2.73. The van der Waals surface area contributed by atoms with Crippen LogP contribution in [0.2, 0.25) is 0 Å². The Kier molecular flexibility index (Phi) is 5.75. The van der Waals surface area contributed by atoms with Gasteiger partial charge in [0.1, 0.15) is 0 Å². The quantitative estimate of drug-likeness (QED) is 0.720. The number of unbranched alkanes of at least 4 members (excludes halogenated alkanes) is 1. The Hall–Kier alpha value is -0.670. The van der Waals surface area contributed by atoms with E-state index in [1.165, 1.54) is 0 Å². The third-order valence-electron chi connectivity index (χ3n) is 4.56. The van der Waals surface area contributed by atoms with Gasteiger partial charge in [0, 0.05) is 12.8 Å². The smallest absolute Gasteiger partial charge is 0.309 e. The first kappa shape index (κ1) is 16.4. The predicted molar refractivity (Wildman–Crippen MR) is 71.4 cm³/mol. The minimum absolute atomic E-state index is 0.0370. The highest BCUT2D eigenvalue weighted by atomic mass is 19.3. The predicted octanol–water partition coefficient (Wildman–Crippen LogP) is 4.87. The summed E-state index contributed by atoms with van der Waals surface area (Å²) in [7, 11) is 0. The third-order valence-corrected chi connectivity index (χ3v) is 4.56. The molecule has 0 aromatic carbocycles. The van der Waals surface area contributed by atoms with Crippen LogP contribution in [0.25, 0.3) is 0 Å². The van der Waals surface area contributed by atoms with Crippen molar-refractivity contribution in [2.75, 3.05) is 0 Å². The van der Waals surface area contributed by atoms with Crippen molar-refractivity contribution in [1.82, 2.24) is 0 Å². The molecular formula is C15H26F2O2. The first-order valence-electron chi connectivity index (χ1n) is 7.46. The van der Waals surface area contributed by atoms with E-state index in [0.29, 0.717) is 25.7 Å². The standard InChI is InChI=1S/C15H26F2O2/c1-3-5-8-14(4-2,13(18)19)10-12-7-6-9-15(16,17)11-12/h12H,3-11H2,1-2H3,(H,18,19). The topological polar surface area (TPSA) is 37.3 Å². The normalized spacial score (nSPS) is 25.8. The summed E-state index contributed by atoms with van der Waals surface area (Å²) in [6.45, 7) is 3.89. The minimum atomic E-state index is -2.59. The molecule has 0 aromatic heterocycles. The van der Waals surface area contributed by atoms with Crippen LogP contribution < -0.4 is 0 Å². The van der Waals surface area contributed by atoms with E-state index in [-0.39, 0.29) is 18.8 Å². The molecule has 0 heterocycles. The summed E-state index contributed by atoms with van der Waals surface area (Å²) >= 11 is 0. The van der Waals surface area contributed by atoms with E-state index >= 15 is 0 Å². The van der Waals surface area contributed by atoms with Gasteiger partial charge < -0.3 is 5.11 Å². The van der Waals surface area contributed by atoms with Gasteiger partial charge in [0.05, 0.1) is 5.41 Å². The Morgan fingerprint density at radius 2 is 2.11 bits per heavy atom. The molecule has 112 valence electrons. The molecule has 1 saturated carbocycles. The fourth-order valence-electron chi connectivity index (χ4n) is 3.29. The van der Waals surface area contributed by atoms with Crippen molar-refractivity contribution in [2.45, 2.75) is 77.6 Å². The lowest BCUT2D eigenvalue weighted by Gasteiger charge is -2.36. The van der Waals surface area contributed by atoms with Crippen LogP contribution in [-0.2, 0) is 4.79 Å². The molecule has 0 saturated heterocycles. The SMILES string of the molecule is CCCCC(CC)(CC1CCCC(F)(F)C1)C(=O)O. The van der Waals surface area contributed by atoms with Crippen LogP contribution in [0.5, 0.6) is 0 Å². The van der Waals surface area contributed by atoms with Crippen molar-refractivity contribution in [3.8, 4) is 0 Å². The molecule has 19 heavy (non-hydrogen) atoms. The molecule has 4 heteroatoms. The zero-order chi connectivity index (χ0) is 14.5. The highest BCUT2D eigenvalue weighted by Gasteiger charge is 2.43. The van der Waals surface area contributed by atoms with Gasteiger partial charge in [0.2, 0.25) is 5.92 Å². The lowest BCUT2D eigenvalue weighted by atomic mass is 9.70. The first-order valence-corrected chi connectivity index (χ1v) is 7.46. The molecule has 0 radical (unpaired) electrons. The second-order valence-corrected chi connectivity index (χ2v) is 6.07. The highest BCUT2D eigenvalue weighted by Crippen LogP contribution is 2.44. The van der Waals surface area contributed by atoms with Crippen LogP contribution in [-0.4, -0.2) is 17.0 Å². The Morgan fingerprint density at radius 1 is 1.42 bits per heavy atom. The molecule has 1 fully saturated rings. The molecule has 0 aromatic rings. The van der Waals surface area contributed by atoms with Gasteiger partial charge in [-0.3, -0.25) is 4.79 Å². The number of carboxylic acid groups (broad SMARTS) is 1. The number of alkyl halides is 2. The first-order chi connectivity index (χ1) is 8.85. The third kappa shape index (κ3) is 4.43. The number of rotatable bonds is 7. The monoisotopic (exact) mass is 276 g/mol. The number of carbonyl (C=O) groups is 1. The molecule has 1 aliphatic rings. The molecule has 2 nitrogen and oxygen atoms in total. The molecule has 2 atom stereocenters. The van der Waals surface area contributed by atoms with E-state index in [1.807, 2.05) is 13.8 Å². The molecule has 0 aliphatic heterocycles. The molecule has 2 unspecified atom stereocenters. The molecule has 1 rings (SSSR count). The molecule has 0 spiro atoms. The van der Waals surface area contributed by atoms with Gasteiger partial charge in [-0.05, 0) is 38.0 Å². The van der Waals surface area contributed by atoms with Crippen LogP contribution in [0.3, 0.4) is 0 Å². The fraction of sp³-hybridized carbons (Fsp3) is 0.933. The Labute approximate surface area is 114 Å². The van der Waals surface area contributed by atoms with Gasteiger partial charge in [-0.1, -0.05) is 26.7 Å². The van der Waals surface area contributed by atoms with Gasteiger partial charge in [0.25, 0.3) is 0 Å². The minimum Gasteiger partial charge on any atom is -0.481 e. The number of halogens is 2. The zero-order valence-electron chi connectivity index (χ0n) is 12.1. The van der Waals surface area contributed by atoms with E-state index in [0.717, 1.165) is 19.3 Å². The van der Waals surface area contributed by atoms with E-state index in [9.17, 15) is 18.7 Å². The summed E-state index contributed by atoms with van der Waals surface area (Å²) in [5, 5.41) is 9.52. The van der Waals surface area contributed by atoms with Crippen LogP contribution in [0.1, 0.15) is 71.6 Å². The summed E-state index contributed by atoms with van der Waals surface area (Å²) in [5.74, 6) is -3.54. The van der Waals surface area contributed by atoms with E-state index in [1.54, 1.807) is 0 Å². The van der Waals surface area contributed by atoms with Crippen molar-refractivity contribution in [2.24, 2.45) is 11.3 Å². The lowest BCUT2D eigenvalue weighted by Crippen LogP contribution is -2.36. The zero-order valence-corrected chi connectivity index (χ0v) is 12.1. The Bertz CT molecular complexity index is 305. The second-order valence-electron chi connectivity index (χ2n) is 6.07. The van der Waals surface area contributed by atoms with E-state index < -0.39 is 17.3 Å². The average Bonchev–Trinajstić information content (AvgIpc) is 2.33. The largest absolute Gasteiger partial charge is 0.481 e. The summed E-state index contributed by atoms with van der Waals surface area (Å²) in [6.07, 6.45) is 4.44. The summed E-state index contributed by atoms with van der Waals surface area (Å²) in [4.78, 5) is 11.6. The van der Waals surface area contributed by atoms with Crippen LogP contribution in [0.4, 0.5) is 8.78 Å². The fourth-order valence-corrected chi connectivity index (χ4v) is 3.29. The van der Waals surface area contributed by atoms with Crippen LogP contribution in [0.15, 0.2) is 0 Å². The maximum atomic E-state index is 13.4. The molecule has 0 amide bonds. The molecule has 1 N–H and O–H groups in total. The molecular weight excluding hydrogens is 250 g/mol. The van der Waals surface area contributed by atoms with Gasteiger partial charge >= 0.3 is 5.97 Å².